The molecule has 0 saturated heterocycles. The van der Waals surface area contributed by atoms with Gasteiger partial charge in [0.2, 0.25) is 5.91 Å². The Balaban J connectivity index is 3.40. The Morgan fingerprint density at radius 1 is 1.70 bits per heavy atom. The Bertz CT molecular complexity index is 132. The summed E-state index contributed by atoms with van der Waals surface area (Å²) in [5.74, 6) is 0.509. The van der Waals surface area contributed by atoms with E-state index in [1.807, 2.05) is 22.6 Å². The minimum Gasteiger partial charge on any atom is -0.352 e. The molecule has 2 nitrogen and oxygen atoms in total. The lowest BCUT2D eigenvalue weighted by Crippen LogP contribution is -2.25. The van der Waals surface area contributed by atoms with E-state index in [1.165, 1.54) is 6.08 Å². The van der Waals surface area contributed by atoms with Crippen LogP contribution in [-0.2, 0) is 4.79 Å². The summed E-state index contributed by atoms with van der Waals surface area (Å²) in [5, 5.41) is 2.75. The largest absolute Gasteiger partial charge is 0.352 e. The molecule has 0 atom stereocenters. The average molecular weight is 253 g/mol. The molecule has 0 aliphatic carbocycles. The maximum absolute atomic E-state index is 10.7. The van der Waals surface area contributed by atoms with Gasteiger partial charge in [-0.25, -0.2) is 0 Å². The van der Waals surface area contributed by atoms with Gasteiger partial charge < -0.3 is 5.32 Å². The maximum Gasteiger partial charge on any atom is 0.244 e. The van der Waals surface area contributed by atoms with Crippen LogP contribution in [0.15, 0.2) is 10.2 Å². The molecule has 0 aromatic heterocycles. The van der Waals surface area contributed by atoms with Crippen LogP contribution < -0.4 is 5.32 Å². The Morgan fingerprint density at radius 2 is 2.30 bits per heavy atom. The van der Waals surface area contributed by atoms with Crippen molar-refractivity contribution < 1.29 is 4.79 Å². The van der Waals surface area contributed by atoms with Crippen LogP contribution in [0.25, 0.3) is 0 Å². The number of hydrogen-bond donors (Lipinski definition) is 1. The van der Waals surface area contributed by atoms with E-state index in [0.29, 0.717) is 5.92 Å². The van der Waals surface area contributed by atoms with Gasteiger partial charge in [-0.3, -0.25) is 4.79 Å². The first kappa shape index (κ1) is 9.94. The Morgan fingerprint density at radius 3 is 2.70 bits per heavy atom. The molecule has 3 heteroatoms. The summed E-state index contributed by atoms with van der Waals surface area (Å²) in [6.45, 7) is 4.88. The van der Waals surface area contributed by atoms with Crippen LogP contribution >= 0.6 is 22.6 Å². The highest BCUT2D eigenvalue weighted by Crippen LogP contribution is 1.88. The zero-order valence-electron chi connectivity index (χ0n) is 6.23. The maximum atomic E-state index is 10.7. The standard InChI is InChI=1S/C7H12INO/c1-6(2)5-9-7(10)3-4-8/h3-4,6H,5H2,1-2H3,(H,9,10). The van der Waals surface area contributed by atoms with Crippen LogP contribution in [0, 0.1) is 5.92 Å². The molecular weight excluding hydrogens is 241 g/mol. The summed E-state index contributed by atoms with van der Waals surface area (Å²) < 4.78 is 1.70. The molecule has 0 aliphatic rings. The smallest absolute Gasteiger partial charge is 0.244 e. The first-order valence-corrected chi connectivity index (χ1v) is 4.46. The van der Waals surface area contributed by atoms with Crippen LogP contribution in [0.1, 0.15) is 13.8 Å². The van der Waals surface area contributed by atoms with Gasteiger partial charge in [0.15, 0.2) is 0 Å². The molecule has 0 aromatic carbocycles. The molecule has 0 bridgehead atoms. The van der Waals surface area contributed by atoms with Crippen LogP contribution in [-0.4, -0.2) is 12.5 Å². The predicted molar refractivity (Wildman–Crippen MR) is 51.0 cm³/mol. The van der Waals surface area contributed by atoms with E-state index in [4.69, 9.17) is 0 Å². The second-order valence-corrected chi connectivity index (χ2v) is 3.15. The highest BCUT2D eigenvalue weighted by Gasteiger charge is 1.95. The fourth-order valence-corrected chi connectivity index (χ4v) is 0.747. The molecule has 0 radical (unpaired) electrons. The summed E-state index contributed by atoms with van der Waals surface area (Å²) in [6.07, 6.45) is 1.52. The Labute approximate surface area is 75.2 Å². The monoisotopic (exact) mass is 253 g/mol. The quantitative estimate of drug-likeness (QED) is 0.602. The number of rotatable bonds is 3. The van der Waals surface area contributed by atoms with Gasteiger partial charge in [-0.15, -0.1) is 0 Å². The van der Waals surface area contributed by atoms with Crippen molar-refractivity contribution in [3.63, 3.8) is 0 Å². The molecule has 0 aromatic rings. The third kappa shape index (κ3) is 6.07. The Hall–Kier alpha value is -0.0600. The van der Waals surface area contributed by atoms with Crippen LogP contribution in [0.5, 0.6) is 0 Å². The van der Waals surface area contributed by atoms with Crippen LogP contribution in [0.4, 0.5) is 0 Å². The molecule has 0 aliphatic heterocycles. The highest BCUT2D eigenvalue weighted by molar-refractivity contribution is 14.1. The van der Waals surface area contributed by atoms with Gasteiger partial charge in [0.25, 0.3) is 0 Å². The minimum absolute atomic E-state index is 0.0110. The van der Waals surface area contributed by atoms with Crippen molar-refractivity contribution in [2.24, 2.45) is 5.92 Å². The van der Waals surface area contributed by atoms with Gasteiger partial charge in [-0.1, -0.05) is 36.4 Å². The second-order valence-electron chi connectivity index (χ2n) is 2.43. The lowest BCUT2D eigenvalue weighted by Gasteiger charge is -2.03. The van der Waals surface area contributed by atoms with E-state index in [1.54, 1.807) is 4.08 Å². The third-order valence-corrected chi connectivity index (χ3v) is 1.26. The summed E-state index contributed by atoms with van der Waals surface area (Å²) in [4.78, 5) is 10.7. The number of carbonyl (C=O) groups excluding carboxylic acids is 1. The van der Waals surface area contributed by atoms with E-state index in [2.05, 4.69) is 19.2 Å². The van der Waals surface area contributed by atoms with E-state index in [0.717, 1.165) is 6.54 Å². The van der Waals surface area contributed by atoms with Gasteiger partial charge in [-0.05, 0) is 10.0 Å². The lowest BCUT2D eigenvalue weighted by molar-refractivity contribution is -0.116. The molecule has 0 heterocycles. The van der Waals surface area contributed by atoms with Crippen molar-refractivity contribution in [2.45, 2.75) is 13.8 Å². The highest BCUT2D eigenvalue weighted by atomic mass is 127. The molecule has 58 valence electrons. The van der Waals surface area contributed by atoms with E-state index in [-0.39, 0.29) is 5.91 Å². The second kappa shape index (κ2) is 5.70. The normalized spacial score (nSPS) is 10.8. The fourth-order valence-electron chi connectivity index (χ4n) is 0.421. The van der Waals surface area contributed by atoms with Crippen molar-refractivity contribution in [1.82, 2.24) is 5.32 Å². The first-order valence-electron chi connectivity index (χ1n) is 3.21. The number of halogens is 1. The van der Waals surface area contributed by atoms with Crippen molar-refractivity contribution in [2.75, 3.05) is 6.54 Å². The van der Waals surface area contributed by atoms with Gasteiger partial charge in [0, 0.05) is 12.6 Å². The topological polar surface area (TPSA) is 29.1 Å². The molecule has 1 N–H and O–H groups in total. The van der Waals surface area contributed by atoms with E-state index >= 15 is 0 Å². The van der Waals surface area contributed by atoms with Crippen LogP contribution in [0.2, 0.25) is 0 Å². The number of carbonyl (C=O) groups is 1. The van der Waals surface area contributed by atoms with Crippen molar-refractivity contribution in [3.05, 3.63) is 10.2 Å². The Kier molecular flexibility index (Phi) is 5.67. The van der Waals surface area contributed by atoms with Gasteiger partial charge in [0.1, 0.15) is 0 Å². The molecule has 1 amide bonds. The number of amides is 1. The van der Waals surface area contributed by atoms with Gasteiger partial charge >= 0.3 is 0 Å². The number of nitrogens with one attached hydrogen (secondary N) is 1. The van der Waals surface area contributed by atoms with Crippen molar-refractivity contribution in [1.29, 1.82) is 0 Å². The zero-order valence-corrected chi connectivity index (χ0v) is 8.38. The molecule has 0 saturated carbocycles. The third-order valence-electron chi connectivity index (χ3n) is 0.899. The van der Waals surface area contributed by atoms with E-state index < -0.39 is 0 Å². The molecule has 0 rings (SSSR count). The minimum atomic E-state index is -0.0110. The fraction of sp³-hybridized carbons (Fsp3) is 0.571. The van der Waals surface area contributed by atoms with Crippen LogP contribution in [0.3, 0.4) is 0 Å². The summed E-state index contributed by atoms with van der Waals surface area (Å²) in [5.41, 5.74) is 0. The summed E-state index contributed by atoms with van der Waals surface area (Å²) in [7, 11) is 0. The molecule has 10 heavy (non-hydrogen) atoms. The SMILES string of the molecule is CC(C)CNC(=O)C=CI. The first-order chi connectivity index (χ1) is 4.66. The molecule has 0 unspecified atom stereocenters. The van der Waals surface area contributed by atoms with Crippen molar-refractivity contribution >= 4 is 28.5 Å². The molecule has 0 spiro atoms. The van der Waals surface area contributed by atoms with Gasteiger partial charge in [-0.2, -0.15) is 0 Å². The van der Waals surface area contributed by atoms with Crippen molar-refractivity contribution in [3.8, 4) is 0 Å². The number of hydrogen-bond acceptors (Lipinski definition) is 1. The lowest BCUT2D eigenvalue weighted by atomic mass is 10.2. The zero-order chi connectivity index (χ0) is 7.98. The van der Waals surface area contributed by atoms with Gasteiger partial charge in [0.05, 0.1) is 0 Å². The summed E-state index contributed by atoms with van der Waals surface area (Å²) >= 11 is 2.02. The van der Waals surface area contributed by atoms with E-state index in [9.17, 15) is 4.79 Å². The molecule has 0 fully saturated rings. The average Bonchev–Trinajstić information content (AvgIpc) is 1.85. The predicted octanol–water partition coefficient (Wildman–Crippen LogP) is 1.71. The summed E-state index contributed by atoms with van der Waals surface area (Å²) in [6, 6.07) is 0. The molecular formula is C7H12INO.